The maximum Gasteiger partial charge on any atom is 0.286 e. The highest BCUT2D eigenvalue weighted by molar-refractivity contribution is 5.99. The minimum Gasteiger partial charge on any atom is -0.493 e. The minimum absolute atomic E-state index is 0.0279. The molecule has 2 fully saturated rings. The first kappa shape index (κ1) is 21.3. The van der Waals surface area contributed by atoms with Gasteiger partial charge in [-0.2, -0.15) is 0 Å². The summed E-state index contributed by atoms with van der Waals surface area (Å²) in [5.41, 5.74) is -0.349. The van der Waals surface area contributed by atoms with Crippen LogP contribution in [0.2, 0.25) is 0 Å². The number of methoxy groups -OCH3 is 2. The van der Waals surface area contributed by atoms with Crippen LogP contribution in [0.1, 0.15) is 23.2 Å². The molecular formula is C19H26N2O8. The number of ether oxygens (including phenoxy) is 5. The Morgan fingerprint density at radius 2 is 2.00 bits per heavy atom. The van der Waals surface area contributed by atoms with Crippen molar-refractivity contribution in [3.63, 3.8) is 0 Å². The number of hydrogen-bond acceptors (Lipinski definition) is 8. The average molecular weight is 410 g/mol. The van der Waals surface area contributed by atoms with Gasteiger partial charge in [0.1, 0.15) is 12.2 Å². The molecule has 1 amide bonds. The van der Waals surface area contributed by atoms with Crippen molar-refractivity contribution in [1.29, 1.82) is 0 Å². The first-order chi connectivity index (χ1) is 14.0. The summed E-state index contributed by atoms with van der Waals surface area (Å²) >= 11 is 0. The Morgan fingerprint density at radius 1 is 1.24 bits per heavy atom. The Kier molecular flexibility index (Phi) is 7.24. The molecule has 1 unspecified atom stereocenters. The molecule has 0 saturated carbocycles. The van der Waals surface area contributed by atoms with Crippen molar-refractivity contribution in [2.75, 3.05) is 53.7 Å². The molecule has 0 bridgehead atoms. The monoisotopic (exact) mass is 410 g/mol. The third-order valence-electron chi connectivity index (χ3n) is 5.03. The van der Waals surface area contributed by atoms with Gasteiger partial charge in [-0.25, -0.2) is 0 Å². The summed E-state index contributed by atoms with van der Waals surface area (Å²) in [4.78, 5) is 25.8. The number of nitro groups is 1. The molecule has 3 rings (SSSR count). The Morgan fingerprint density at radius 3 is 2.66 bits per heavy atom. The van der Waals surface area contributed by atoms with Crippen LogP contribution in [-0.2, 0) is 14.2 Å². The van der Waals surface area contributed by atoms with Crippen LogP contribution >= 0.6 is 0 Å². The largest absolute Gasteiger partial charge is 0.493 e. The molecule has 1 aromatic rings. The Balaban J connectivity index is 1.83. The van der Waals surface area contributed by atoms with Gasteiger partial charge in [0, 0.05) is 32.2 Å². The van der Waals surface area contributed by atoms with Crippen LogP contribution in [-0.4, -0.2) is 75.8 Å². The van der Waals surface area contributed by atoms with E-state index in [2.05, 4.69) is 0 Å². The van der Waals surface area contributed by atoms with E-state index in [1.807, 2.05) is 0 Å². The average Bonchev–Trinajstić information content (AvgIpc) is 3.28. The fraction of sp³-hybridized carbons (Fsp3) is 0.632. The van der Waals surface area contributed by atoms with Crippen LogP contribution in [0.4, 0.5) is 5.69 Å². The van der Waals surface area contributed by atoms with E-state index in [9.17, 15) is 14.9 Å². The normalized spacial score (nSPS) is 19.9. The Bertz CT molecular complexity index is 735. The zero-order chi connectivity index (χ0) is 20.8. The van der Waals surface area contributed by atoms with E-state index in [4.69, 9.17) is 23.7 Å². The number of amides is 1. The lowest BCUT2D eigenvalue weighted by molar-refractivity contribution is -0.385. The third-order valence-corrected chi connectivity index (χ3v) is 5.03. The number of nitro benzene ring substituents is 1. The second-order valence-corrected chi connectivity index (χ2v) is 6.88. The van der Waals surface area contributed by atoms with Crippen LogP contribution in [0.15, 0.2) is 12.1 Å². The number of piperidine rings is 1. The third kappa shape index (κ3) is 4.95. The number of hydrogen-bond donors (Lipinski definition) is 0. The summed E-state index contributed by atoms with van der Waals surface area (Å²) < 4.78 is 26.9. The van der Waals surface area contributed by atoms with Gasteiger partial charge in [-0.15, -0.1) is 0 Å². The smallest absolute Gasteiger partial charge is 0.286 e. The molecule has 0 aliphatic carbocycles. The molecule has 29 heavy (non-hydrogen) atoms. The van der Waals surface area contributed by atoms with Gasteiger partial charge in [0.25, 0.3) is 11.6 Å². The SMILES string of the molecule is COCCOc1cc([N+](=O)[O-])c(C(=O)N2CCCC(C3OCCO3)C2)cc1OC. The van der Waals surface area contributed by atoms with Crippen molar-refractivity contribution >= 4 is 11.6 Å². The summed E-state index contributed by atoms with van der Waals surface area (Å²) in [5.74, 6) is 0.0806. The summed E-state index contributed by atoms with van der Waals surface area (Å²) in [6.07, 6.45) is 1.33. The maximum absolute atomic E-state index is 13.1. The topological polar surface area (TPSA) is 110 Å². The lowest BCUT2D eigenvalue weighted by Crippen LogP contribution is -2.44. The first-order valence-corrected chi connectivity index (χ1v) is 9.55. The predicted octanol–water partition coefficient (Wildman–Crippen LogP) is 1.85. The zero-order valence-corrected chi connectivity index (χ0v) is 16.6. The summed E-state index contributed by atoms with van der Waals surface area (Å²) in [6, 6.07) is 2.60. The van der Waals surface area contributed by atoms with Crippen LogP contribution < -0.4 is 9.47 Å². The van der Waals surface area contributed by atoms with Crippen molar-refractivity contribution in [2.45, 2.75) is 19.1 Å². The van der Waals surface area contributed by atoms with E-state index in [-0.39, 0.29) is 41.6 Å². The van der Waals surface area contributed by atoms with Gasteiger partial charge >= 0.3 is 0 Å². The van der Waals surface area contributed by atoms with E-state index in [1.165, 1.54) is 26.4 Å². The summed E-state index contributed by atoms with van der Waals surface area (Å²) in [6.45, 7) is 2.55. The number of carbonyl (C=O) groups is 1. The molecule has 2 saturated heterocycles. The molecule has 2 aliphatic rings. The van der Waals surface area contributed by atoms with Gasteiger partial charge in [0.2, 0.25) is 0 Å². The first-order valence-electron chi connectivity index (χ1n) is 9.55. The van der Waals surface area contributed by atoms with Crippen molar-refractivity contribution in [2.24, 2.45) is 5.92 Å². The zero-order valence-electron chi connectivity index (χ0n) is 16.6. The second-order valence-electron chi connectivity index (χ2n) is 6.88. The van der Waals surface area contributed by atoms with Crippen LogP contribution in [0, 0.1) is 16.0 Å². The maximum atomic E-state index is 13.1. The van der Waals surface area contributed by atoms with E-state index in [0.717, 1.165) is 12.8 Å². The van der Waals surface area contributed by atoms with E-state index in [0.29, 0.717) is 32.9 Å². The molecular weight excluding hydrogens is 384 g/mol. The highest BCUT2D eigenvalue weighted by atomic mass is 16.7. The van der Waals surface area contributed by atoms with Crippen LogP contribution in [0.5, 0.6) is 11.5 Å². The molecule has 10 heteroatoms. The standard InChI is InChI=1S/C19H26N2O8/c1-25-6-7-27-17-11-15(21(23)24)14(10-16(17)26-2)18(22)20-5-3-4-13(12-20)19-28-8-9-29-19/h10-11,13,19H,3-9,12H2,1-2H3. The van der Waals surface area contributed by atoms with Crippen LogP contribution in [0.25, 0.3) is 0 Å². The fourth-order valence-electron chi connectivity index (χ4n) is 3.61. The Labute approximate surface area is 168 Å². The molecule has 0 N–H and O–H groups in total. The summed E-state index contributed by atoms with van der Waals surface area (Å²) in [7, 11) is 2.95. The molecule has 10 nitrogen and oxygen atoms in total. The number of nitrogens with zero attached hydrogens (tertiary/aromatic N) is 2. The molecule has 1 atom stereocenters. The van der Waals surface area contributed by atoms with E-state index >= 15 is 0 Å². The highest BCUT2D eigenvalue weighted by Crippen LogP contribution is 2.36. The molecule has 0 aromatic heterocycles. The van der Waals surface area contributed by atoms with Gasteiger partial charge in [-0.3, -0.25) is 14.9 Å². The number of rotatable bonds is 8. The van der Waals surface area contributed by atoms with Gasteiger partial charge < -0.3 is 28.6 Å². The van der Waals surface area contributed by atoms with Gasteiger partial charge in [0.15, 0.2) is 17.8 Å². The van der Waals surface area contributed by atoms with Crippen molar-refractivity contribution in [3.05, 3.63) is 27.8 Å². The van der Waals surface area contributed by atoms with Crippen molar-refractivity contribution in [3.8, 4) is 11.5 Å². The molecule has 160 valence electrons. The molecule has 0 spiro atoms. The molecule has 2 heterocycles. The highest BCUT2D eigenvalue weighted by Gasteiger charge is 2.35. The quantitative estimate of drug-likeness (QED) is 0.363. The second kappa shape index (κ2) is 9.86. The van der Waals surface area contributed by atoms with Crippen molar-refractivity contribution in [1.82, 2.24) is 4.90 Å². The Hall–Kier alpha value is -2.43. The van der Waals surface area contributed by atoms with E-state index in [1.54, 1.807) is 4.90 Å². The number of likely N-dealkylation sites (tertiary alicyclic amines) is 1. The summed E-state index contributed by atoms with van der Waals surface area (Å²) in [5, 5.41) is 11.6. The molecule has 0 radical (unpaired) electrons. The predicted molar refractivity (Wildman–Crippen MR) is 101 cm³/mol. The van der Waals surface area contributed by atoms with Crippen molar-refractivity contribution < 1.29 is 33.4 Å². The van der Waals surface area contributed by atoms with Crippen LogP contribution in [0.3, 0.4) is 0 Å². The molecule has 1 aromatic carbocycles. The van der Waals surface area contributed by atoms with Gasteiger partial charge in [0.05, 0.1) is 37.9 Å². The lowest BCUT2D eigenvalue weighted by atomic mass is 9.96. The van der Waals surface area contributed by atoms with Gasteiger partial charge in [-0.1, -0.05) is 0 Å². The lowest BCUT2D eigenvalue weighted by Gasteiger charge is -2.34. The molecule has 2 aliphatic heterocycles. The number of carbonyl (C=O) groups excluding carboxylic acids is 1. The number of benzene rings is 1. The fourth-order valence-corrected chi connectivity index (χ4v) is 3.61. The van der Waals surface area contributed by atoms with E-state index < -0.39 is 10.8 Å². The van der Waals surface area contributed by atoms with Gasteiger partial charge in [-0.05, 0) is 12.8 Å². The minimum atomic E-state index is -0.583.